The first-order valence-electron chi connectivity index (χ1n) is 9.28. The molecule has 4 rings (SSSR count). The fourth-order valence-electron chi connectivity index (χ4n) is 4.06. The molecule has 0 aliphatic heterocycles. The van der Waals surface area contributed by atoms with E-state index >= 15 is 0 Å². The van der Waals surface area contributed by atoms with E-state index in [0.29, 0.717) is 0 Å². The van der Waals surface area contributed by atoms with Crippen LogP contribution in [0.1, 0.15) is 17.1 Å². The zero-order chi connectivity index (χ0) is 18.9. The molecule has 2 heteroatoms. The minimum absolute atomic E-state index is 1.01. The van der Waals surface area contributed by atoms with E-state index < -0.39 is 7.26 Å². The Bertz CT molecular complexity index is 937. The third kappa shape index (κ3) is 2.83. The lowest BCUT2D eigenvalue weighted by molar-refractivity contribution is 0.504. The van der Waals surface area contributed by atoms with Gasteiger partial charge in [0.15, 0.2) is 5.30 Å². The number of hydrogen-bond donors (Lipinski definition) is 0. The topological polar surface area (TPSA) is 13.1 Å². The predicted molar refractivity (Wildman–Crippen MR) is 118 cm³/mol. The van der Waals surface area contributed by atoms with Crippen LogP contribution in [0, 0.1) is 20.8 Å². The molecule has 0 atom stereocenters. The average Bonchev–Trinajstić information content (AvgIpc) is 2.98. The van der Waals surface area contributed by atoms with E-state index in [2.05, 4.69) is 112 Å². The van der Waals surface area contributed by atoms with Gasteiger partial charge < -0.3 is 4.42 Å². The van der Waals surface area contributed by atoms with Crippen molar-refractivity contribution in [3.05, 3.63) is 108 Å². The van der Waals surface area contributed by atoms with Gasteiger partial charge in [0, 0.05) is 5.56 Å². The van der Waals surface area contributed by atoms with Crippen molar-refractivity contribution in [1.29, 1.82) is 0 Å². The van der Waals surface area contributed by atoms with E-state index in [0.717, 1.165) is 11.5 Å². The van der Waals surface area contributed by atoms with Gasteiger partial charge >= 0.3 is 0 Å². The van der Waals surface area contributed by atoms with Crippen molar-refractivity contribution in [2.24, 2.45) is 0 Å². The summed E-state index contributed by atoms with van der Waals surface area (Å²) in [5, 5.41) is 5.42. The number of rotatable bonds is 4. The molecule has 0 aliphatic carbocycles. The largest absolute Gasteiger partial charge is 0.462 e. The van der Waals surface area contributed by atoms with Crippen molar-refractivity contribution >= 4 is 28.5 Å². The Balaban J connectivity index is 2.20. The molecule has 0 aliphatic rings. The van der Waals surface area contributed by atoms with Gasteiger partial charge in [-0.25, -0.2) is 0 Å². The Kier molecular flexibility index (Phi) is 4.72. The third-order valence-corrected chi connectivity index (χ3v) is 9.83. The maximum absolute atomic E-state index is 6.14. The van der Waals surface area contributed by atoms with Gasteiger partial charge in [-0.15, -0.1) is 0 Å². The molecule has 0 radical (unpaired) electrons. The van der Waals surface area contributed by atoms with E-state index in [1.54, 1.807) is 0 Å². The lowest BCUT2D eigenvalue weighted by Gasteiger charge is -2.27. The fourth-order valence-corrected chi connectivity index (χ4v) is 8.77. The maximum Gasteiger partial charge on any atom is 0.154 e. The van der Waals surface area contributed by atoms with Gasteiger partial charge in [-0.3, -0.25) is 0 Å². The van der Waals surface area contributed by atoms with Gasteiger partial charge in [0.2, 0.25) is 0 Å². The average molecular weight is 371 g/mol. The van der Waals surface area contributed by atoms with Crippen LogP contribution >= 0.6 is 7.26 Å². The molecule has 1 nitrogen and oxygen atoms in total. The molecule has 0 unspecified atom stereocenters. The molecule has 134 valence electrons. The molecule has 0 saturated heterocycles. The predicted octanol–water partition coefficient (Wildman–Crippen LogP) is 4.82. The number of hydrogen-bond acceptors (Lipinski definition) is 1. The summed E-state index contributed by atoms with van der Waals surface area (Å²) < 4.78 is 6.14. The summed E-state index contributed by atoms with van der Waals surface area (Å²) in [5.74, 6) is 2.03. The van der Waals surface area contributed by atoms with Crippen LogP contribution in [0.25, 0.3) is 0 Å². The van der Waals surface area contributed by atoms with Crippen LogP contribution in [0.15, 0.2) is 95.4 Å². The SMILES string of the molecule is Cc1oc(C)c([P+](c2ccccc2)(c2ccccc2)c2ccccc2)c1C. The molecule has 0 saturated carbocycles. The summed E-state index contributed by atoms with van der Waals surface area (Å²) >= 11 is 0. The van der Waals surface area contributed by atoms with Gasteiger partial charge in [0.25, 0.3) is 0 Å². The first-order valence-corrected chi connectivity index (χ1v) is 11.1. The minimum Gasteiger partial charge on any atom is -0.462 e. The molecule has 1 aromatic heterocycles. The standard InChI is InChI=1S/C25H24OP/c1-19-20(2)26-21(3)25(19)27(22-13-7-4-8-14-22,23-15-9-5-10-16-23)24-17-11-6-12-18-24/h4-18H,1-3H3/q+1. The van der Waals surface area contributed by atoms with Crippen LogP contribution in [0.3, 0.4) is 0 Å². The van der Waals surface area contributed by atoms with E-state index in [-0.39, 0.29) is 0 Å². The van der Waals surface area contributed by atoms with Crippen LogP contribution in [0.5, 0.6) is 0 Å². The molecule has 0 N–H and O–H groups in total. The summed E-state index contributed by atoms with van der Waals surface area (Å²) in [5.41, 5.74) is 1.26. The highest BCUT2D eigenvalue weighted by atomic mass is 31.2. The molecule has 4 aromatic rings. The lowest BCUT2D eigenvalue weighted by Crippen LogP contribution is -2.40. The van der Waals surface area contributed by atoms with Crippen molar-refractivity contribution < 1.29 is 4.42 Å². The van der Waals surface area contributed by atoms with Crippen molar-refractivity contribution in [1.82, 2.24) is 0 Å². The second kappa shape index (κ2) is 7.18. The first-order chi connectivity index (χ1) is 13.2. The Morgan fingerprint density at radius 3 is 1.19 bits per heavy atom. The Hall–Kier alpha value is -2.63. The summed E-state index contributed by atoms with van der Waals surface area (Å²) in [6, 6.07) is 32.8. The molecular weight excluding hydrogens is 347 g/mol. The zero-order valence-electron chi connectivity index (χ0n) is 16.0. The maximum atomic E-state index is 6.14. The number of aryl methyl sites for hydroxylation is 2. The highest BCUT2D eigenvalue weighted by Crippen LogP contribution is 2.56. The van der Waals surface area contributed by atoms with Gasteiger partial charge in [-0.2, -0.15) is 0 Å². The smallest absolute Gasteiger partial charge is 0.154 e. The zero-order valence-corrected chi connectivity index (χ0v) is 16.9. The van der Waals surface area contributed by atoms with E-state index in [4.69, 9.17) is 4.42 Å². The van der Waals surface area contributed by atoms with Gasteiger partial charge in [0.05, 0.1) is 0 Å². The first kappa shape index (κ1) is 17.8. The quantitative estimate of drug-likeness (QED) is 0.469. The van der Waals surface area contributed by atoms with E-state index in [1.807, 2.05) is 0 Å². The van der Waals surface area contributed by atoms with Crippen LogP contribution in [-0.4, -0.2) is 0 Å². The highest BCUT2D eigenvalue weighted by Gasteiger charge is 2.51. The lowest BCUT2D eigenvalue weighted by atomic mass is 10.3. The van der Waals surface area contributed by atoms with Crippen molar-refractivity contribution in [3.8, 4) is 0 Å². The summed E-state index contributed by atoms with van der Waals surface area (Å²) in [6.45, 7) is 6.38. The molecule has 3 aromatic carbocycles. The third-order valence-electron chi connectivity index (χ3n) is 5.29. The molecule has 0 fully saturated rings. The van der Waals surface area contributed by atoms with E-state index in [1.165, 1.54) is 26.8 Å². The van der Waals surface area contributed by atoms with Crippen LogP contribution in [-0.2, 0) is 0 Å². The molecular formula is C25H24OP+. The van der Waals surface area contributed by atoms with Crippen molar-refractivity contribution in [2.75, 3.05) is 0 Å². The second-order valence-corrected chi connectivity index (χ2v) is 10.2. The second-order valence-electron chi connectivity index (χ2n) is 6.87. The van der Waals surface area contributed by atoms with Crippen molar-refractivity contribution in [3.63, 3.8) is 0 Å². The van der Waals surface area contributed by atoms with Gasteiger partial charge in [-0.05, 0) is 57.2 Å². The van der Waals surface area contributed by atoms with E-state index in [9.17, 15) is 0 Å². The normalized spacial score (nSPS) is 11.5. The Morgan fingerprint density at radius 2 is 0.889 bits per heavy atom. The highest BCUT2D eigenvalue weighted by molar-refractivity contribution is 8.01. The van der Waals surface area contributed by atoms with Crippen LogP contribution in [0.4, 0.5) is 0 Å². The van der Waals surface area contributed by atoms with Crippen LogP contribution in [0.2, 0.25) is 0 Å². The van der Waals surface area contributed by atoms with Gasteiger partial charge in [0.1, 0.15) is 34.7 Å². The molecule has 27 heavy (non-hydrogen) atoms. The number of benzene rings is 3. The number of furan rings is 1. The van der Waals surface area contributed by atoms with Crippen molar-refractivity contribution in [2.45, 2.75) is 20.8 Å². The Labute approximate surface area is 162 Å². The van der Waals surface area contributed by atoms with Crippen LogP contribution < -0.4 is 21.2 Å². The molecule has 0 amide bonds. The summed E-state index contributed by atoms with van der Waals surface area (Å²) in [4.78, 5) is 0. The monoisotopic (exact) mass is 371 g/mol. The fraction of sp³-hybridized carbons (Fsp3) is 0.120. The summed E-state index contributed by atoms with van der Waals surface area (Å²) in [6.07, 6.45) is 0. The molecule has 0 spiro atoms. The molecule has 1 heterocycles. The van der Waals surface area contributed by atoms with Gasteiger partial charge in [-0.1, -0.05) is 54.6 Å². The Morgan fingerprint density at radius 1 is 0.519 bits per heavy atom. The minimum atomic E-state index is -2.05. The molecule has 0 bridgehead atoms. The summed E-state index contributed by atoms with van der Waals surface area (Å²) in [7, 11) is -2.05.